The van der Waals surface area contributed by atoms with Gasteiger partial charge in [0.1, 0.15) is 0 Å². The Labute approximate surface area is 97.7 Å². The van der Waals surface area contributed by atoms with E-state index >= 15 is 0 Å². The molecule has 4 nitrogen and oxygen atoms in total. The molecule has 0 aliphatic carbocycles. The molecule has 92 valence electrons. The van der Waals surface area contributed by atoms with Crippen LogP contribution in [0.2, 0.25) is 0 Å². The van der Waals surface area contributed by atoms with Crippen molar-refractivity contribution in [2.45, 2.75) is 33.6 Å². The Hall–Kier alpha value is -1.16. The van der Waals surface area contributed by atoms with Gasteiger partial charge in [0, 0.05) is 18.7 Å². The zero-order chi connectivity index (χ0) is 12.4. The standard InChI is InChI=1S/C8H11NO2.C4H11N/c1-2-3-6-9-7(10)4-5-8(9)11;1-3-5-4-2/h4-5H,2-3,6H2,1H3;5H,3-4H2,1-2H3. The van der Waals surface area contributed by atoms with Gasteiger partial charge in [0.15, 0.2) is 0 Å². The first-order chi connectivity index (χ1) is 7.67. The molecule has 2 amide bonds. The number of carbonyl (C=O) groups is 2. The molecule has 0 aromatic rings. The average Bonchev–Trinajstić information content (AvgIpc) is 2.58. The highest BCUT2D eigenvalue weighted by atomic mass is 16.2. The van der Waals surface area contributed by atoms with Crippen LogP contribution < -0.4 is 5.32 Å². The Balaban J connectivity index is 0.000000385. The van der Waals surface area contributed by atoms with Crippen molar-refractivity contribution in [2.24, 2.45) is 0 Å². The second-order valence-corrected chi connectivity index (χ2v) is 3.47. The number of imide groups is 1. The number of hydrogen-bond acceptors (Lipinski definition) is 3. The Morgan fingerprint density at radius 3 is 1.88 bits per heavy atom. The molecule has 0 unspecified atom stereocenters. The smallest absolute Gasteiger partial charge is 0.253 e. The fourth-order valence-corrected chi connectivity index (χ4v) is 1.22. The maximum atomic E-state index is 10.9. The molecule has 1 heterocycles. The van der Waals surface area contributed by atoms with E-state index in [2.05, 4.69) is 19.2 Å². The zero-order valence-corrected chi connectivity index (χ0v) is 10.5. The summed E-state index contributed by atoms with van der Waals surface area (Å²) in [7, 11) is 0. The SMILES string of the molecule is CCCCN1C(=O)C=CC1=O.CCNCC. The van der Waals surface area contributed by atoms with Crippen molar-refractivity contribution in [2.75, 3.05) is 19.6 Å². The summed E-state index contributed by atoms with van der Waals surface area (Å²) < 4.78 is 0. The van der Waals surface area contributed by atoms with E-state index in [4.69, 9.17) is 0 Å². The molecule has 16 heavy (non-hydrogen) atoms. The molecule has 1 aliphatic heterocycles. The van der Waals surface area contributed by atoms with E-state index in [-0.39, 0.29) is 11.8 Å². The number of hydrogen-bond donors (Lipinski definition) is 1. The van der Waals surface area contributed by atoms with E-state index in [1.807, 2.05) is 6.92 Å². The van der Waals surface area contributed by atoms with Crippen LogP contribution >= 0.6 is 0 Å². The van der Waals surface area contributed by atoms with Gasteiger partial charge in [-0.2, -0.15) is 0 Å². The summed E-state index contributed by atoms with van der Waals surface area (Å²) in [6.07, 6.45) is 4.52. The summed E-state index contributed by atoms with van der Waals surface area (Å²) >= 11 is 0. The monoisotopic (exact) mass is 226 g/mol. The molecule has 0 bridgehead atoms. The first-order valence-electron chi connectivity index (χ1n) is 5.91. The number of amides is 2. The molecule has 0 aromatic carbocycles. The summed E-state index contributed by atoms with van der Waals surface area (Å²) in [6, 6.07) is 0. The number of unbranched alkanes of at least 4 members (excludes halogenated alkanes) is 1. The van der Waals surface area contributed by atoms with Crippen LogP contribution in [0.4, 0.5) is 0 Å². The number of carbonyl (C=O) groups excluding carboxylic acids is 2. The van der Waals surface area contributed by atoms with Gasteiger partial charge in [0.05, 0.1) is 0 Å². The zero-order valence-electron chi connectivity index (χ0n) is 10.5. The maximum Gasteiger partial charge on any atom is 0.253 e. The Kier molecular flexibility index (Phi) is 8.43. The lowest BCUT2D eigenvalue weighted by molar-refractivity contribution is -0.136. The van der Waals surface area contributed by atoms with Crippen LogP contribution in [0.25, 0.3) is 0 Å². The van der Waals surface area contributed by atoms with Crippen molar-refractivity contribution in [3.63, 3.8) is 0 Å². The summed E-state index contributed by atoms with van der Waals surface area (Å²) in [4.78, 5) is 23.1. The molecular formula is C12H22N2O2. The molecule has 1 rings (SSSR count). The molecule has 0 radical (unpaired) electrons. The molecule has 0 atom stereocenters. The highest BCUT2D eigenvalue weighted by molar-refractivity contribution is 6.12. The number of rotatable bonds is 5. The van der Waals surface area contributed by atoms with E-state index < -0.39 is 0 Å². The molecule has 0 spiro atoms. The Morgan fingerprint density at radius 2 is 1.56 bits per heavy atom. The van der Waals surface area contributed by atoms with Gasteiger partial charge in [0.2, 0.25) is 0 Å². The minimum absolute atomic E-state index is 0.177. The lowest BCUT2D eigenvalue weighted by Gasteiger charge is -2.11. The van der Waals surface area contributed by atoms with Crippen LogP contribution in [0.5, 0.6) is 0 Å². The third-order valence-electron chi connectivity index (χ3n) is 2.14. The van der Waals surface area contributed by atoms with E-state index in [1.54, 1.807) is 0 Å². The molecule has 4 heteroatoms. The molecular weight excluding hydrogens is 204 g/mol. The van der Waals surface area contributed by atoms with Crippen molar-refractivity contribution < 1.29 is 9.59 Å². The lowest BCUT2D eigenvalue weighted by Crippen LogP contribution is -2.30. The Morgan fingerprint density at radius 1 is 1.06 bits per heavy atom. The lowest BCUT2D eigenvalue weighted by atomic mass is 10.3. The second kappa shape index (κ2) is 9.09. The summed E-state index contributed by atoms with van der Waals surface area (Å²) in [5, 5.41) is 3.11. The Bertz CT molecular complexity index is 229. The summed E-state index contributed by atoms with van der Waals surface area (Å²) in [5.74, 6) is -0.355. The van der Waals surface area contributed by atoms with Crippen LogP contribution in [0, 0.1) is 0 Å². The van der Waals surface area contributed by atoms with Gasteiger partial charge in [-0.25, -0.2) is 0 Å². The third kappa shape index (κ3) is 5.66. The van der Waals surface area contributed by atoms with Gasteiger partial charge in [-0.05, 0) is 19.5 Å². The minimum atomic E-state index is -0.177. The van der Waals surface area contributed by atoms with Crippen molar-refractivity contribution in [1.29, 1.82) is 0 Å². The summed E-state index contributed by atoms with van der Waals surface area (Å²) in [5.41, 5.74) is 0. The molecule has 0 saturated carbocycles. The average molecular weight is 226 g/mol. The fourth-order valence-electron chi connectivity index (χ4n) is 1.22. The van der Waals surface area contributed by atoms with Crippen LogP contribution in [0.3, 0.4) is 0 Å². The van der Waals surface area contributed by atoms with E-state index in [1.165, 1.54) is 17.1 Å². The van der Waals surface area contributed by atoms with E-state index in [9.17, 15) is 9.59 Å². The topological polar surface area (TPSA) is 49.4 Å². The number of nitrogens with zero attached hydrogens (tertiary/aromatic N) is 1. The normalized spacial score (nSPS) is 14.1. The third-order valence-corrected chi connectivity index (χ3v) is 2.14. The van der Waals surface area contributed by atoms with E-state index in [0.717, 1.165) is 25.9 Å². The first-order valence-corrected chi connectivity index (χ1v) is 5.91. The van der Waals surface area contributed by atoms with Crippen LogP contribution in [0.15, 0.2) is 12.2 Å². The predicted octanol–water partition coefficient (Wildman–Crippen LogP) is 1.33. The van der Waals surface area contributed by atoms with Gasteiger partial charge >= 0.3 is 0 Å². The van der Waals surface area contributed by atoms with Crippen molar-refractivity contribution in [3.05, 3.63) is 12.2 Å². The van der Waals surface area contributed by atoms with Gasteiger partial charge < -0.3 is 5.32 Å². The molecule has 0 aromatic heterocycles. The van der Waals surface area contributed by atoms with Crippen molar-refractivity contribution in [3.8, 4) is 0 Å². The fraction of sp³-hybridized carbons (Fsp3) is 0.667. The minimum Gasteiger partial charge on any atom is -0.317 e. The van der Waals surface area contributed by atoms with Gasteiger partial charge in [-0.15, -0.1) is 0 Å². The highest BCUT2D eigenvalue weighted by Gasteiger charge is 2.21. The van der Waals surface area contributed by atoms with Gasteiger partial charge in [-0.3, -0.25) is 14.5 Å². The molecule has 0 fully saturated rings. The highest BCUT2D eigenvalue weighted by Crippen LogP contribution is 2.04. The van der Waals surface area contributed by atoms with E-state index in [0.29, 0.717) is 6.54 Å². The summed E-state index contributed by atoms with van der Waals surface area (Å²) in [6.45, 7) is 8.97. The first kappa shape index (κ1) is 14.8. The molecule has 1 N–H and O–H groups in total. The predicted molar refractivity (Wildman–Crippen MR) is 65.0 cm³/mol. The largest absolute Gasteiger partial charge is 0.317 e. The van der Waals surface area contributed by atoms with Crippen LogP contribution in [-0.2, 0) is 9.59 Å². The molecule has 0 saturated heterocycles. The molecule has 1 aliphatic rings. The maximum absolute atomic E-state index is 10.9. The van der Waals surface area contributed by atoms with Crippen LogP contribution in [0.1, 0.15) is 33.6 Å². The second-order valence-electron chi connectivity index (χ2n) is 3.47. The van der Waals surface area contributed by atoms with Gasteiger partial charge in [0.25, 0.3) is 11.8 Å². The van der Waals surface area contributed by atoms with Crippen molar-refractivity contribution in [1.82, 2.24) is 10.2 Å². The van der Waals surface area contributed by atoms with Crippen molar-refractivity contribution >= 4 is 11.8 Å². The van der Waals surface area contributed by atoms with Crippen LogP contribution in [-0.4, -0.2) is 36.3 Å². The van der Waals surface area contributed by atoms with Gasteiger partial charge in [-0.1, -0.05) is 27.2 Å². The quantitative estimate of drug-likeness (QED) is 0.719. The number of nitrogens with one attached hydrogen (secondary N) is 1.